The summed E-state index contributed by atoms with van der Waals surface area (Å²) in [7, 11) is -3.12. The van der Waals surface area contributed by atoms with Gasteiger partial charge in [-0.15, -0.1) is 0 Å². The molecule has 0 amide bonds. The summed E-state index contributed by atoms with van der Waals surface area (Å²) in [6.07, 6.45) is 4.22. The van der Waals surface area contributed by atoms with Crippen molar-refractivity contribution in [2.45, 2.75) is 57.4 Å². The van der Waals surface area contributed by atoms with E-state index in [2.05, 4.69) is 10.6 Å². The van der Waals surface area contributed by atoms with E-state index in [1.54, 1.807) is 16.4 Å². The first kappa shape index (κ1) is 22.0. The molecule has 1 heterocycles. The average molecular weight is 425 g/mol. The van der Waals surface area contributed by atoms with Crippen LogP contribution in [0.1, 0.15) is 51.5 Å². The number of guanidine groups is 1. The van der Waals surface area contributed by atoms with Gasteiger partial charge in [-0.2, -0.15) is 0 Å². The van der Waals surface area contributed by atoms with Gasteiger partial charge in [-0.05, 0) is 56.7 Å². The first-order chi connectivity index (χ1) is 13.9. The number of halogens is 1. The minimum atomic E-state index is -3.12. The van der Waals surface area contributed by atoms with Crippen molar-refractivity contribution in [1.82, 2.24) is 14.9 Å². The van der Waals surface area contributed by atoms with Crippen LogP contribution in [0.4, 0.5) is 4.39 Å². The zero-order valence-corrected chi connectivity index (χ0v) is 18.3. The molecule has 0 bridgehead atoms. The van der Waals surface area contributed by atoms with Gasteiger partial charge in [0, 0.05) is 31.1 Å². The van der Waals surface area contributed by atoms with Gasteiger partial charge in [0.2, 0.25) is 10.0 Å². The molecule has 2 fully saturated rings. The summed E-state index contributed by atoms with van der Waals surface area (Å²) in [4.78, 5) is 4.79. The molecular weight excluding hydrogens is 391 g/mol. The van der Waals surface area contributed by atoms with Crippen LogP contribution in [0.2, 0.25) is 0 Å². The summed E-state index contributed by atoms with van der Waals surface area (Å²) in [5, 5.41) is 6.76. The van der Waals surface area contributed by atoms with Crippen LogP contribution < -0.4 is 10.6 Å². The van der Waals surface area contributed by atoms with E-state index >= 15 is 0 Å². The number of piperidine rings is 1. The number of nitrogens with one attached hydrogen (secondary N) is 2. The Bertz CT molecular complexity index is 816. The third-order valence-electron chi connectivity index (χ3n) is 5.82. The molecule has 0 radical (unpaired) electrons. The van der Waals surface area contributed by atoms with Crippen molar-refractivity contribution >= 4 is 16.0 Å². The Morgan fingerprint density at radius 2 is 2.00 bits per heavy atom. The predicted molar refractivity (Wildman–Crippen MR) is 115 cm³/mol. The third-order valence-corrected chi connectivity index (χ3v) is 7.90. The Morgan fingerprint density at radius 3 is 2.59 bits per heavy atom. The van der Waals surface area contributed by atoms with Crippen molar-refractivity contribution in [3.63, 3.8) is 0 Å². The Labute approximate surface area is 174 Å². The van der Waals surface area contributed by atoms with Gasteiger partial charge in [0.1, 0.15) is 5.82 Å². The van der Waals surface area contributed by atoms with Crippen molar-refractivity contribution in [2.75, 3.05) is 31.9 Å². The molecule has 6 nitrogen and oxygen atoms in total. The standard InChI is InChI=1S/C21H33FN4O2S/c1-3-14-29(27,28)26-12-8-19(9-13-26)25-20(23-4-2)24-16-21(10-11-21)17-6-5-7-18(22)15-17/h5-7,15,19H,3-4,8-14,16H2,1-2H3,(H2,23,24,25). The highest BCUT2D eigenvalue weighted by molar-refractivity contribution is 7.89. The number of benzene rings is 1. The average Bonchev–Trinajstić information content (AvgIpc) is 3.48. The van der Waals surface area contributed by atoms with E-state index in [4.69, 9.17) is 4.99 Å². The van der Waals surface area contributed by atoms with E-state index in [-0.39, 0.29) is 23.0 Å². The normalized spacial score (nSPS) is 20.4. The van der Waals surface area contributed by atoms with Gasteiger partial charge >= 0.3 is 0 Å². The Balaban J connectivity index is 1.58. The highest BCUT2D eigenvalue weighted by atomic mass is 32.2. The van der Waals surface area contributed by atoms with Crippen LogP contribution in [0.15, 0.2) is 29.3 Å². The van der Waals surface area contributed by atoms with Crippen LogP contribution in [0, 0.1) is 5.82 Å². The highest BCUT2D eigenvalue weighted by Gasteiger charge is 2.44. The maximum absolute atomic E-state index is 13.6. The van der Waals surface area contributed by atoms with Gasteiger partial charge < -0.3 is 10.6 Å². The zero-order valence-electron chi connectivity index (χ0n) is 17.5. The molecule has 162 valence electrons. The predicted octanol–water partition coefficient (Wildman–Crippen LogP) is 2.62. The second-order valence-electron chi connectivity index (χ2n) is 8.12. The fourth-order valence-corrected chi connectivity index (χ4v) is 5.46. The maximum Gasteiger partial charge on any atom is 0.214 e. The molecule has 0 aromatic heterocycles. The highest BCUT2D eigenvalue weighted by Crippen LogP contribution is 2.48. The number of sulfonamides is 1. The molecule has 1 aliphatic heterocycles. The second kappa shape index (κ2) is 9.43. The molecule has 1 aliphatic carbocycles. The molecule has 0 unspecified atom stereocenters. The Morgan fingerprint density at radius 1 is 1.28 bits per heavy atom. The maximum atomic E-state index is 13.6. The molecule has 8 heteroatoms. The molecule has 0 atom stereocenters. The number of nitrogens with zero attached hydrogens (tertiary/aromatic N) is 2. The molecular formula is C21H33FN4O2S. The summed E-state index contributed by atoms with van der Waals surface area (Å²) < 4.78 is 39.7. The van der Waals surface area contributed by atoms with Gasteiger partial charge in [0.05, 0.1) is 12.3 Å². The molecule has 2 aliphatic rings. The molecule has 1 saturated heterocycles. The lowest BCUT2D eigenvalue weighted by Crippen LogP contribution is -2.50. The first-order valence-corrected chi connectivity index (χ1v) is 12.3. The van der Waals surface area contributed by atoms with Crippen LogP contribution in [-0.2, 0) is 15.4 Å². The van der Waals surface area contributed by atoms with Crippen LogP contribution in [0.25, 0.3) is 0 Å². The summed E-state index contributed by atoms with van der Waals surface area (Å²) >= 11 is 0. The SMILES string of the molecule is CCCS(=O)(=O)N1CCC(NC(=NCC2(c3cccc(F)c3)CC2)NCC)CC1. The molecule has 1 aromatic carbocycles. The van der Waals surface area contributed by atoms with Gasteiger partial charge in [0.15, 0.2) is 5.96 Å². The molecule has 2 N–H and O–H groups in total. The molecule has 1 aromatic rings. The largest absolute Gasteiger partial charge is 0.357 e. The quantitative estimate of drug-likeness (QED) is 0.497. The van der Waals surface area contributed by atoms with E-state index < -0.39 is 10.0 Å². The Kier molecular flexibility index (Phi) is 7.16. The molecule has 1 saturated carbocycles. The third kappa shape index (κ3) is 5.69. The van der Waals surface area contributed by atoms with Crippen molar-refractivity contribution in [3.8, 4) is 0 Å². The summed E-state index contributed by atoms with van der Waals surface area (Å²) in [5.41, 5.74) is 0.966. The van der Waals surface area contributed by atoms with E-state index in [0.717, 1.165) is 43.8 Å². The fraction of sp³-hybridized carbons (Fsp3) is 0.667. The number of aliphatic imine (C=N–C) groups is 1. The summed E-state index contributed by atoms with van der Waals surface area (Å²) in [6, 6.07) is 7.04. The van der Waals surface area contributed by atoms with E-state index in [9.17, 15) is 12.8 Å². The van der Waals surface area contributed by atoms with Gasteiger partial charge in [-0.1, -0.05) is 19.1 Å². The van der Waals surface area contributed by atoms with Crippen molar-refractivity contribution in [3.05, 3.63) is 35.6 Å². The van der Waals surface area contributed by atoms with Crippen molar-refractivity contribution in [1.29, 1.82) is 0 Å². The monoisotopic (exact) mass is 424 g/mol. The second-order valence-corrected chi connectivity index (χ2v) is 10.2. The topological polar surface area (TPSA) is 73.8 Å². The molecule has 3 rings (SSSR count). The summed E-state index contributed by atoms with van der Waals surface area (Å²) in [6.45, 7) is 6.38. The number of hydrogen-bond donors (Lipinski definition) is 2. The molecule has 0 spiro atoms. The van der Waals surface area contributed by atoms with E-state index in [0.29, 0.717) is 26.1 Å². The van der Waals surface area contributed by atoms with Crippen molar-refractivity contribution < 1.29 is 12.8 Å². The zero-order chi connectivity index (χ0) is 20.9. The minimum Gasteiger partial charge on any atom is -0.357 e. The van der Waals surface area contributed by atoms with Gasteiger partial charge in [0.25, 0.3) is 0 Å². The van der Waals surface area contributed by atoms with Crippen LogP contribution in [0.5, 0.6) is 0 Å². The van der Waals surface area contributed by atoms with Crippen LogP contribution >= 0.6 is 0 Å². The smallest absolute Gasteiger partial charge is 0.214 e. The number of hydrogen-bond acceptors (Lipinski definition) is 3. The first-order valence-electron chi connectivity index (χ1n) is 10.7. The van der Waals surface area contributed by atoms with Crippen molar-refractivity contribution in [2.24, 2.45) is 4.99 Å². The van der Waals surface area contributed by atoms with Crippen LogP contribution in [0.3, 0.4) is 0 Å². The minimum absolute atomic E-state index is 0.0535. The lowest BCUT2D eigenvalue weighted by Gasteiger charge is -2.32. The van der Waals surface area contributed by atoms with E-state index in [1.165, 1.54) is 6.07 Å². The fourth-order valence-electron chi connectivity index (χ4n) is 3.92. The number of rotatable bonds is 8. The lowest BCUT2D eigenvalue weighted by molar-refractivity contribution is 0.306. The van der Waals surface area contributed by atoms with Gasteiger partial charge in [-0.25, -0.2) is 17.1 Å². The van der Waals surface area contributed by atoms with E-state index in [1.807, 2.05) is 19.9 Å². The van der Waals surface area contributed by atoms with Crippen LogP contribution in [-0.4, -0.2) is 56.7 Å². The Hall–Kier alpha value is -1.67. The lowest BCUT2D eigenvalue weighted by atomic mass is 9.96. The van der Waals surface area contributed by atoms with Gasteiger partial charge in [-0.3, -0.25) is 4.99 Å². The summed E-state index contributed by atoms with van der Waals surface area (Å²) in [5.74, 6) is 0.773. The molecule has 29 heavy (non-hydrogen) atoms.